The molecular weight excluding hydrogens is 540 g/mol. The number of aromatic nitrogens is 3. The van der Waals surface area contributed by atoms with Crippen molar-refractivity contribution in [3.8, 4) is 28.7 Å². The van der Waals surface area contributed by atoms with Crippen LogP contribution in [0.1, 0.15) is 10.5 Å². The van der Waals surface area contributed by atoms with E-state index in [2.05, 4.69) is 15.4 Å². The Hall–Kier alpha value is -4.59. The first-order valence-electron chi connectivity index (χ1n) is 11.7. The quantitative estimate of drug-likeness (QED) is 0.247. The average Bonchev–Trinajstić information content (AvgIpc) is 3.34. The maximum absolute atomic E-state index is 15.0. The molecule has 10 nitrogen and oxygen atoms in total. The number of hydrogen-bond donors (Lipinski definition) is 1. The number of carbonyl (C=O) groups is 1. The van der Waals surface area contributed by atoms with E-state index < -0.39 is 36.0 Å². The van der Waals surface area contributed by atoms with Gasteiger partial charge in [-0.05, 0) is 24.3 Å². The third-order valence-corrected chi connectivity index (χ3v) is 5.48. The van der Waals surface area contributed by atoms with Crippen LogP contribution < -0.4 is 24.3 Å². The van der Waals surface area contributed by atoms with Gasteiger partial charge in [-0.2, -0.15) is 18.3 Å². The fourth-order valence-electron chi connectivity index (χ4n) is 3.63. The van der Waals surface area contributed by atoms with E-state index >= 15 is 0 Å². The molecule has 4 aromatic rings. The number of nitrogens with zero attached hydrogens (tertiary/aromatic N) is 3. The third-order valence-electron chi connectivity index (χ3n) is 5.48. The maximum Gasteiger partial charge on any atom is 0.422 e. The Morgan fingerprint density at radius 2 is 1.75 bits per heavy atom. The topological polar surface area (TPSA) is 106 Å². The summed E-state index contributed by atoms with van der Waals surface area (Å²) >= 11 is 0. The van der Waals surface area contributed by atoms with E-state index in [-0.39, 0.29) is 24.6 Å². The largest absolute Gasteiger partial charge is 0.493 e. The second-order valence-electron chi connectivity index (χ2n) is 8.23. The molecule has 0 atom stereocenters. The molecule has 14 heteroatoms. The van der Waals surface area contributed by atoms with Gasteiger partial charge in [-0.3, -0.25) is 14.5 Å². The number of amides is 1. The van der Waals surface area contributed by atoms with Crippen LogP contribution in [0, 0.1) is 5.82 Å². The van der Waals surface area contributed by atoms with Crippen molar-refractivity contribution in [3.05, 3.63) is 60.3 Å². The average molecular weight is 564 g/mol. The van der Waals surface area contributed by atoms with Crippen LogP contribution in [0.15, 0.2) is 48.8 Å². The normalized spacial score (nSPS) is 11.4. The summed E-state index contributed by atoms with van der Waals surface area (Å²) in [7, 11) is 4.41. The number of benzene rings is 2. The fraction of sp³-hybridized carbons (Fsp3) is 0.269. The smallest absolute Gasteiger partial charge is 0.422 e. The highest BCUT2D eigenvalue weighted by Gasteiger charge is 2.30. The van der Waals surface area contributed by atoms with Crippen LogP contribution in [-0.4, -0.2) is 61.4 Å². The molecule has 0 fully saturated rings. The highest BCUT2D eigenvalue weighted by Crippen LogP contribution is 2.37. The number of ether oxygens (including phenoxy) is 5. The van der Waals surface area contributed by atoms with Gasteiger partial charge in [0.05, 0.1) is 44.8 Å². The van der Waals surface area contributed by atoms with Gasteiger partial charge < -0.3 is 29.0 Å². The number of nitrogens with one attached hydrogen (secondary N) is 1. The summed E-state index contributed by atoms with van der Waals surface area (Å²) in [5.74, 6) is -0.863. The van der Waals surface area contributed by atoms with E-state index in [4.69, 9.17) is 23.7 Å². The first-order chi connectivity index (χ1) is 19.1. The predicted octanol–water partition coefficient (Wildman–Crippen LogP) is 5.22. The van der Waals surface area contributed by atoms with Crippen molar-refractivity contribution < 1.29 is 46.0 Å². The number of alkyl halides is 3. The number of carbonyl (C=O) groups excluding carboxylic acids is 1. The fourth-order valence-corrected chi connectivity index (χ4v) is 3.63. The summed E-state index contributed by atoms with van der Waals surface area (Å²) in [6, 6.07) is 8.62. The van der Waals surface area contributed by atoms with Gasteiger partial charge in [0.15, 0.2) is 29.5 Å². The van der Waals surface area contributed by atoms with Gasteiger partial charge in [-0.15, -0.1) is 0 Å². The van der Waals surface area contributed by atoms with E-state index in [1.54, 1.807) is 18.2 Å². The number of rotatable bonds is 11. The standard InChI is InChI=1S/C26H24F4N4O6/c1-36-9-8-34-13-23(39-14-26(28,29)30)24(33-34)25(35)32-18-5-4-15(10-17(18)27)40-20-6-7-31-19-12-22(38-3)21(37-2)11-16(19)20/h4-7,10-13H,8-9,14H2,1-3H3,(H,32,35). The van der Waals surface area contributed by atoms with Crippen LogP contribution in [0.2, 0.25) is 0 Å². The van der Waals surface area contributed by atoms with Crippen LogP contribution in [0.5, 0.6) is 28.7 Å². The first kappa shape index (κ1) is 28.4. The predicted molar refractivity (Wildman–Crippen MR) is 135 cm³/mol. The Kier molecular flexibility index (Phi) is 8.58. The Balaban J connectivity index is 1.54. The lowest BCUT2D eigenvalue weighted by atomic mass is 10.2. The summed E-state index contributed by atoms with van der Waals surface area (Å²) in [4.78, 5) is 17.1. The molecule has 212 valence electrons. The molecule has 0 aliphatic rings. The van der Waals surface area contributed by atoms with Gasteiger partial charge in [0, 0.05) is 30.8 Å². The molecule has 0 unspecified atom stereocenters. The maximum atomic E-state index is 15.0. The molecule has 0 saturated heterocycles. The number of anilines is 1. The van der Waals surface area contributed by atoms with Gasteiger partial charge >= 0.3 is 6.18 Å². The number of hydrogen-bond acceptors (Lipinski definition) is 8. The molecule has 40 heavy (non-hydrogen) atoms. The molecule has 2 aromatic heterocycles. The number of methoxy groups -OCH3 is 3. The SMILES string of the molecule is COCCn1cc(OCC(F)(F)F)c(C(=O)Nc2ccc(Oc3ccnc4cc(OC)c(OC)cc34)cc2F)n1. The van der Waals surface area contributed by atoms with Gasteiger partial charge in [-0.1, -0.05) is 0 Å². The molecule has 2 heterocycles. The zero-order valence-corrected chi connectivity index (χ0v) is 21.5. The van der Waals surface area contributed by atoms with Crippen molar-refractivity contribution in [1.29, 1.82) is 0 Å². The van der Waals surface area contributed by atoms with Crippen LogP contribution in [0.3, 0.4) is 0 Å². The lowest BCUT2D eigenvalue weighted by Gasteiger charge is -2.13. The monoisotopic (exact) mass is 564 g/mol. The second kappa shape index (κ2) is 12.1. The summed E-state index contributed by atoms with van der Waals surface area (Å²) in [6.07, 6.45) is -1.99. The van der Waals surface area contributed by atoms with Gasteiger partial charge in [-0.25, -0.2) is 4.39 Å². The van der Waals surface area contributed by atoms with Crippen LogP contribution in [0.4, 0.5) is 23.2 Å². The van der Waals surface area contributed by atoms with Crippen LogP contribution in [0.25, 0.3) is 10.9 Å². The molecule has 0 radical (unpaired) electrons. The number of pyridine rings is 1. The van der Waals surface area contributed by atoms with Crippen molar-refractivity contribution in [1.82, 2.24) is 14.8 Å². The molecule has 0 aliphatic heterocycles. The van der Waals surface area contributed by atoms with Gasteiger partial charge in [0.2, 0.25) is 0 Å². The van der Waals surface area contributed by atoms with E-state index in [0.29, 0.717) is 28.2 Å². The van der Waals surface area contributed by atoms with Crippen molar-refractivity contribution in [2.24, 2.45) is 0 Å². The van der Waals surface area contributed by atoms with Crippen molar-refractivity contribution >= 4 is 22.5 Å². The minimum atomic E-state index is -4.64. The van der Waals surface area contributed by atoms with Crippen molar-refractivity contribution in [2.75, 3.05) is 39.9 Å². The van der Waals surface area contributed by atoms with Crippen molar-refractivity contribution in [3.63, 3.8) is 0 Å². The van der Waals surface area contributed by atoms with Gasteiger partial charge in [0.1, 0.15) is 17.3 Å². The first-order valence-corrected chi connectivity index (χ1v) is 11.7. The van der Waals surface area contributed by atoms with E-state index in [9.17, 15) is 22.4 Å². The molecule has 0 spiro atoms. The highest BCUT2D eigenvalue weighted by atomic mass is 19.4. The molecule has 0 aliphatic carbocycles. The zero-order valence-electron chi connectivity index (χ0n) is 21.5. The lowest BCUT2D eigenvalue weighted by molar-refractivity contribution is -0.153. The minimum Gasteiger partial charge on any atom is -0.493 e. The van der Waals surface area contributed by atoms with Crippen LogP contribution >= 0.6 is 0 Å². The highest BCUT2D eigenvalue weighted by molar-refractivity contribution is 6.04. The van der Waals surface area contributed by atoms with E-state index in [1.807, 2.05) is 0 Å². The number of halogens is 4. The molecular formula is C26H24F4N4O6. The lowest BCUT2D eigenvalue weighted by Crippen LogP contribution is -2.21. The Labute approximate surface area is 225 Å². The molecule has 0 saturated carbocycles. The van der Waals surface area contributed by atoms with E-state index in [0.717, 1.165) is 12.3 Å². The summed E-state index contributed by atoms with van der Waals surface area (Å²) in [6.45, 7) is -1.30. The molecule has 1 amide bonds. The summed E-state index contributed by atoms with van der Waals surface area (Å²) in [5.41, 5.74) is -0.155. The third kappa shape index (κ3) is 6.69. The van der Waals surface area contributed by atoms with E-state index in [1.165, 1.54) is 44.3 Å². The molecule has 4 rings (SSSR count). The Bertz CT molecular complexity index is 1510. The molecule has 2 aromatic carbocycles. The summed E-state index contributed by atoms with van der Waals surface area (Å²) < 4.78 is 80.4. The number of fused-ring (bicyclic) bond motifs is 1. The zero-order chi connectivity index (χ0) is 28.9. The van der Waals surface area contributed by atoms with Gasteiger partial charge in [0.25, 0.3) is 5.91 Å². The summed E-state index contributed by atoms with van der Waals surface area (Å²) in [5, 5.41) is 6.84. The molecule has 1 N–H and O–H groups in total. The second-order valence-corrected chi connectivity index (χ2v) is 8.23. The molecule has 0 bridgehead atoms. The van der Waals surface area contributed by atoms with Crippen molar-refractivity contribution in [2.45, 2.75) is 12.7 Å². The minimum absolute atomic E-state index is 0.107. The Morgan fingerprint density at radius 1 is 1.00 bits per heavy atom. The van der Waals surface area contributed by atoms with Crippen LogP contribution in [-0.2, 0) is 11.3 Å². The Morgan fingerprint density at radius 3 is 2.42 bits per heavy atom.